The maximum Gasteiger partial charge on any atom is 0.262 e. The van der Waals surface area contributed by atoms with E-state index in [-0.39, 0.29) is 18.4 Å². The number of nitrogens with zero attached hydrogens (tertiary/aromatic N) is 3. The number of para-hydroxylation sites is 1. The average Bonchev–Trinajstić information content (AvgIpc) is 3.34. The van der Waals surface area contributed by atoms with Crippen molar-refractivity contribution in [2.24, 2.45) is 0 Å². The molecule has 8 nitrogen and oxygen atoms in total. The lowest BCUT2D eigenvalue weighted by atomic mass is 10.2. The van der Waals surface area contributed by atoms with Crippen LogP contribution >= 0.6 is 0 Å². The van der Waals surface area contributed by atoms with Gasteiger partial charge in [0.2, 0.25) is 0 Å². The van der Waals surface area contributed by atoms with Crippen LogP contribution in [0.4, 0.5) is 11.4 Å². The van der Waals surface area contributed by atoms with Gasteiger partial charge in [-0.1, -0.05) is 24.3 Å². The molecule has 0 spiro atoms. The monoisotopic (exact) mass is 413 g/mol. The van der Waals surface area contributed by atoms with E-state index in [0.717, 1.165) is 5.69 Å². The van der Waals surface area contributed by atoms with E-state index in [1.165, 1.54) is 6.33 Å². The highest BCUT2D eigenvalue weighted by atomic mass is 16.5. The zero-order valence-electron chi connectivity index (χ0n) is 16.4. The molecule has 1 aromatic heterocycles. The Labute approximate surface area is 178 Å². The van der Waals surface area contributed by atoms with E-state index in [4.69, 9.17) is 4.74 Å². The molecule has 0 aliphatic rings. The molecule has 3 aromatic carbocycles. The van der Waals surface area contributed by atoms with Gasteiger partial charge in [0.05, 0.1) is 5.69 Å². The summed E-state index contributed by atoms with van der Waals surface area (Å²) in [7, 11) is 0. The quantitative estimate of drug-likeness (QED) is 0.483. The van der Waals surface area contributed by atoms with Gasteiger partial charge in [-0.05, 0) is 48.5 Å². The smallest absolute Gasteiger partial charge is 0.262 e. The summed E-state index contributed by atoms with van der Waals surface area (Å²) in [5.74, 6) is -0.0558. The second-order valence-electron chi connectivity index (χ2n) is 6.57. The van der Waals surface area contributed by atoms with Gasteiger partial charge in [0.1, 0.15) is 18.4 Å². The maximum absolute atomic E-state index is 12.5. The SMILES string of the molecule is O=C(COc1cccc(NC(=O)c2ccc(-n3cncn3)cc2)c1)Nc1ccccc1. The first-order valence-electron chi connectivity index (χ1n) is 9.51. The van der Waals surface area contributed by atoms with E-state index in [9.17, 15) is 9.59 Å². The number of ether oxygens (including phenoxy) is 1. The number of benzene rings is 3. The Balaban J connectivity index is 1.33. The third kappa shape index (κ3) is 5.33. The predicted molar refractivity (Wildman–Crippen MR) is 116 cm³/mol. The number of anilines is 2. The molecule has 0 radical (unpaired) electrons. The summed E-state index contributed by atoms with van der Waals surface area (Å²) >= 11 is 0. The van der Waals surface area contributed by atoms with E-state index >= 15 is 0 Å². The van der Waals surface area contributed by atoms with Crippen molar-refractivity contribution in [3.05, 3.63) is 97.1 Å². The number of nitrogens with one attached hydrogen (secondary N) is 2. The van der Waals surface area contributed by atoms with Gasteiger partial charge in [-0.2, -0.15) is 5.10 Å². The predicted octanol–water partition coefficient (Wildman–Crippen LogP) is 3.54. The fourth-order valence-electron chi connectivity index (χ4n) is 2.84. The van der Waals surface area contributed by atoms with Gasteiger partial charge < -0.3 is 15.4 Å². The Morgan fingerprint density at radius 1 is 0.871 bits per heavy atom. The number of amides is 2. The molecule has 0 saturated heterocycles. The maximum atomic E-state index is 12.5. The molecule has 8 heteroatoms. The van der Waals surface area contributed by atoms with Crippen molar-refractivity contribution >= 4 is 23.2 Å². The molecule has 2 amide bonds. The number of carbonyl (C=O) groups excluding carboxylic acids is 2. The highest BCUT2D eigenvalue weighted by Crippen LogP contribution is 2.19. The average molecular weight is 413 g/mol. The second-order valence-corrected chi connectivity index (χ2v) is 6.57. The van der Waals surface area contributed by atoms with Gasteiger partial charge in [-0.25, -0.2) is 9.67 Å². The first kappa shape index (κ1) is 19.8. The van der Waals surface area contributed by atoms with Gasteiger partial charge in [0.15, 0.2) is 6.61 Å². The molecule has 0 bridgehead atoms. The van der Waals surface area contributed by atoms with Crippen LogP contribution in [0.5, 0.6) is 5.75 Å². The number of hydrogen-bond acceptors (Lipinski definition) is 5. The standard InChI is InChI=1S/C23H19N5O3/c29-22(26-18-5-2-1-3-6-18)14-31-21-8-4-7-19(13-21)27-23(30)17-9-11-20(12-10-17)28-16-24-15-25-28/h1-13,15-16H,14H2,(H,26,29)(H,27,30). The van der Waals surface area contributed by atoms with Crippen molar-refractivity contribution in [2.45, 2.75) is 0 Å². The van der Waals surface area contributed by atoms with Crippen molar-refractivity contribution in [3.8, 4) is 11.4 Å². The van der Waals surface area contributed by atoms with Gasteiger partial charge in [-0.15, -0.1) is 0 Å². The van der Waals surface area contributed by atoms with Crippen LogP contribution in [0.25, 0.3) is 5.69 Å². The first-order valence-corrected chi connectivity index (χ1v) is 9.51. The Bertz CT molecular complexity index is 1160. The summed E-state index contributed by atoms with van der Waals surface area (Å²) in [6.07, 6.45) is 3.03. The normalized spacial score (nSPS) is 10.3. The lowest BCUT2D eigenvalue weighted by Gasteiger charge is -2.10. The zero-order valence-corrected chi connectivity index (χ0v) is 16.4. The fourth-order valence-corrected chi connectivity index (χ4v) is 2.84. The molecule has 0 aliphatic carbocycles. The second kappa shape index (κ2) is 9.36. The number of aromatic nitrogens is 3. The fraction of sp³-hybridized carbons (Fsp3) is 0.0435. The first-order chi connectivity index (χ1) is 15.2. The zero-order chi connectivity index (χ0) is 21.5. The number of hydrogen-bond donors (Lipinski definition) is 2. The summed E-state index contributed by atoms with van der Waals surface area (Å²) < 4.78 is 7.15. The summed E-state index contributed by atoms with van der Waals surface area (Å²) in [5.41, 5.74) is 2.56. The Hall–Kier alpha value is -4.46. The van der Waals surface area contributed by atoms with Crippen LogP contribution < -0.4 is 15.4 Å². The minimum atomic E-state index is -0.270. The van der Waals surface area contributed by atoms with Crippen LogP contribution in [0.15, 0.2) is 91.5 Å². The van der Waals surface area contributed by atoms with E-state index in [2.05, 4.69) is 20.7 Å². The highest BCUT2D eigenvalue weighted by Gasteiger charge is 2.09. The van der Waals surface area contributed by atoms with Crippen LogP contribution in [0.2, 0.25) is 0 Å². The van der Waals surface area contributed by atoms with E-state index < -0.39 is 0 Å². The Morgan fingerprint density at radius 2 is 1.65 bits per heavy atom. The molecule has 0 fully saturated rings. The summed E-state index contributed by atoms with van der Waals surface area (Å²) in [5, 5.41) is 9.63. The van der Waals surface area contributed by atoms with Crippen LogP contribution in [0.3, 0.4) is 0 Å². The molecule has 154 valence electrons. The van der Waals surface area contributed by atoms with Crippen molar-refractivity contribution in [1.29, 1.82) is 0 Å². The molecule has 0 saturated carbocycles. The van der Waals surface area contributed by atoms with Crippen LogP contribution in [-0.4, -0.2) is 33.2 Å². The van der Waals surface area contributed by atoms with E-state index in [1.54, 1.807) is 71.7 Å². The molecule has 1 heterocycles. The Morgan fingerprint density at radius 3 is 2.39 bits per heavy atom. The number of carbonyl (C=O) groups is 2. The van der Waals surface area contributed by atoms with Gasteiger partial charge in [-0.3, -0.25) is 9.59 Å². The van der Waals surface area contributed by atoms with Gasteiger partial charge in [0, 0.05) is 23.0 Å². The van der Waals surface area contributed by atoms with Crippen LogP contribution in [-0.2, 0) is 4.79 Å². The number of rotatable bonds is 7. The lowest BCUT2D eigenvalue weighted by Crippen LogP contribution is -2.20. The van der Waals surface area contributed by atoms with Crippen molar-refractivity contribution in [2.75, 3.05) is 17.2 Å². The van der Waals surface area contributed by atoms with Crippen molar-refractivity contribution < 1.29 is 14.3 Å². The molecule has 4 rings (SSSR count). The molecule has 31 heavy (non-hydrogen) atoms. The third-order valence-corrected chi connectivity index (χ3v) is 4.33. The third-order valence-electron chi connectivity index (χ3n) is 4.33. The minimum Gasteiger partial charge on any atom is -0.484 e. The largest absolute Gasteiger partial charge is 0.484 e. The van der Waals surface area contributed by atoms with Gasteiger partial charge >= 0.3 is 0 Å². The summed E-state index contributed by atoms with van der Waals surface area (Å²) in [6.45, 7) is -0.143. The molecule has 0 atom stereocenters. The van der Waals surface area contributed by atoms with Crippen molar-refractivity contribution in [3.63, 3.8) is 0 Å². The molecule has 4 aromatic rings. The summed E-state index contributed by atoms with van der Waals surface area (Å²) in [6, 6.07) is 23.0. The summed E-state index contributed by atoms with van der Waals surface area (Å²) in [4.78, 5) is 28.5. The Kier molecular flexibility index (Phi) is 5.99. The van der Waals surface area contributed by atoms with E-state index in [0.29, 0.717) is 22.7 Å². The molecule has 0 aliphatic heterocycles. The lowest BCUT2D eigenvalue weighted by molar-refractivity contribution is -0.118. The topological polar surface area (TPSA) is 98.1 Å². The molecular weight excluding hydrogens is 394 g/mol. The highest BCUT2D eigenvalue weighted by molar-refractivity contribution is 6.04. The van der Waals surface area contributed by atoms with E-state index in [1.807, 2.05) is 18.2 Å². The molecule has 2 N–H and O–H groups in total. The van der Waals surface area contributed by atoms with Crippen molar-refractivity contribution in [1.82, 2.24) is 14.8 Å². The minimum absolute atomic E-state index is 0.143. The molecule has 0 unspecified atom stereocenters. The van der Waals surface area contributed by atoms with Gasteiger partial charge in [0.25, 0.3) is 11.8 Å². The van der Waals surface area contributed by atoms with Crippen LogP contribution in [0.1, 0.15) is 10.4 Å². The van der Waals surface area contributed by atoms with Crippen LogP contribution in [0, 0.1) is 0 Å². The molecular formula is C23H19N5O3.